The highest BCUT2D eigenvalue weighted by molar-refractivity contribution is 5.48. The van der Waals surface area contributed by atoms with Crippen molar-refractivity contribution in [2.24, 2.45) is 7.05 Å². The van der Waals surface area contributed by atoms with E-state index in [9.17, 15) is 5.11 Å². The predicted molar refractivity (Wildman–Crippen MR) is 81.7 cm³/mol. The molecular weight excluding hydrogens is 250 g/mol. The molecule has 108 valence electrons. The predicted octanol–water partition coefficient (Wildman–Crippen LogP) is 2.51. The Labute approximate surface area is 120 Å². The number of benzene rings is 1. The first-order valence-electron chi connectivity index (χ1n) is 7.07. The summed E-state index contributed by atoms with van der Waals surface area (Å²) in [5.41, 5.74) is 3.50. The molecule has 0 saturated heterocycles. The first-order valence-corrected chi connectivity index (χ1v) is 7.07. The number of para-hydroxylation sites is 1. The Kier molecular flexibility index (Phi) is 4.79. The molecule has 0 aliphatic carbocycles. The first kappa shape index (κ1) is 14.6. The number of anilines is 1. The zero-order valence-corrected chi connectivity index (χ0v) is 12.5. The van der Waals surface area contributed by atoms with E-state index in [0.717, 1.165) is 18.7 Å². The minimum Gasteiger partial charge on any atom is -0.394 e. The number of aryl methyl sites for hydroxylation is 1. The normalized spacial score (nSPS) is 12.4. The van der Waals surface area contributed by atoms with Crippen molar-refractivity contribution in [3.63, 3.8) is 0 Å². The van der Waals surface area contributed by atoms with Gasteiger partial charge in [0, 0.05) is 30.5 Å². The van der Waals surface area contributed by atoms with Crippen LogP contribution >= 0.6 is 0 Å². The summed E-state index contributed by atoms with van der Waals surface area (Å²) < 4.78 is 1.89. The van der Waals surface area contributed by atoms with Crippen LogP contribution in [0.15, 0.2) is 36.5 Å². The van der Waals surface area contributed by atoms with Gasteiger partial charge in [0.05, 0.1) is 18.8 Å². The molecule has 0 fully saturated rings. The number of aliphatic hydroxyl groups excluding tert-OH is 1. The topological polar surface area (TPSA) is 41.3 Å². The third-order valence-electron chi connectivity index (χ3n) is 3.89. The summed E-state index contributed by atoms with van der Waals surface area (Å²) in [6.45, 7) is 5.10. The van der Waals surface area contributed by atoms with Crippen molar-refractivity contribution >= 4 is 5.69 Å². The van der Waals surface area contributed by atoms with E-state index in [4.69, 9.17) is 0 Å². The van der Waals surface area contributed by atoms with E-state index in [0.29, 0.717) is 0 Å². The molecule has 2 rings (SSSR count). The summed E-state index contributed by atoms with van der Waals surface area (Å²) in [6, 6.07) is 10.4. The fourth-order valence-electron chi connectivity index (χ4n) is 2.38. The molecule has 0 radical (unpaired) electrons. The van der Waals surface area contributed by atoms with Gasteiger partial charge in [-0.3, -0.25) is 4.68 Å². The van der Waals surface area contributed by atoms with Crippen LogP contribution in [0, 0.1) is 6.92 Å². The van der Waals surface area contributed by atoms with Gasteiger partial charge in [-0.2, -0.15) is 5.10 Å². The van der Waals surface area contributed by atoms with Crippen LogP contribution in [-0.2, 0) is 13.6 Å². The molecule has 20 heavy (non-hydrogen) atoms. The summed E-state index contributed by atoms with van der Waals surface area (Å²) in [5.74, 6) is 0. The van der Waals surface area contributed by atoms with Gasteiger partial charge in [-0.15, -0.1) is 0 Å². The van der Waals surface area contributed by atoms with Gasteiger partial charge >= 0.3 is 0 Å². The summed E-state index contributed by atoms with van der Waals surface area (Å²) in [6.07, 6.45) is 2.82. The smallest absolute Gasteiger partial charge is 0.0635 e. The van der Waals surface area contributed by atoms with Crippen molar-refractivity contribution in [3.05, 3.63) is 47.8 Å². The summed E-state index contributed by atoms with van der Waals surface area (Å²) in [5, 5.41) is 13.9. The Morgan fingerprint density at radius 1 is 1.30 bits per heavy atom. The molecule has 2 aromatic rings. The minimum absolute atomic E-state index is 0.122. The molecule has 1 N–H and O–H groups in total. The highest BCUT2D eigenvalue weighted by Gasteiger charge is 2.18. The highest BCUT2D eigenvalue weighted by atomic mass is 16.3. The van der Waals surface area contributed by atoms with Gasteiger partial charge in [0.25, 0.3) is 0 Å². The lowest BCUT2D eigenvalue weighted by Crippen LogP contribution is -2.37. The third kappa shape index (κ3) is 3.02. The Morgan fingerprint density at radius 3 is 2.50 bits per heavy atom. The van der Waals surface area contributed by atoms with E-state index in [1.807, 2.05) is 36.1 Å². The van der Waals surface area contributed by atoms with Crippen molar-refractivity contribution in [1.29, 1.82) is 0 Å². The van der Waals surface area contributed by atoms with Crippen LogP contribution in [0.1, 0.15) is 24.6 Å². The summed E-state index contributed by atoms with van der Waals surface area (Å²) in [7, 11) is 1.95. The molecule has 4 heteroatoms. The molecule has 4 nitrogen and oxygen atoms in total. The van der Waals surface area contributed by atoms with Gasteiger partial charge in [-0.05, 0) is 25.5 Å². The first-order chi connectivity index (χ1) is 9.67. The molecule has 0 saturated carbocycles. The van der Waals surface area contributed by atoms with Crippen LogP contribution in [0.3, 0.4) is 0 Å². The van der Waals surface area contributed by atoms with Gasteiger partial charge in [-0.1, -0.05) is 25.1 Å². The van der Waals surface area contributed by atoms with Crippen molar-refractivity contribution < 1.29 is 5.11 Å². The zero-order valence-electron chi connectivity index (χ0n) is 12.5. The number of aromatic nitrogens is 2. The lowest BCUT2D eigenvalue weighted by atomic mass is 10.1. The van der Waals surface area contributed by atoms with E-state index in [1.54, 1.807) is 0 Å². The van der Waals surface area contributed by atoms with Gasteiger partial charge < -0.3 is 10.0 Å². The number of aliphatic hydroxyl groups is 1. The molecule has 0 amide bonds. The van der Waals surface area contributed by atoms with Crippen LogP contribution in [0.5, 0.6) is 0 Å². The third-order valence-corrected chi connectivity index (χ3v) is 3.89. The lowest BCUT2D eigenvalue weighted by Gasteiger charge is -2.32. The van der Waals surface area contributed by atoms with Gasteiger partial charge in [0.15, 0.2) is 0 Å². The second-order valence-corrected chi connectivity index (χ2v) is 5.09. The van der Waals surface area contributed by atoms with E-state index < -0.39 is 0 Å². The second kappa shape index (κ2) is 6.57. The molecule has 1 atom stereocenters. The van der Waals surface area contributed by atoms with Crippen molar-refractivity contribution in [2.75, 3.05) is 11.5 Å². The highest BCUT2D eigenvalue weighted by Crippen LogP contribution is 2.22. The number of hydrogen-bond acceptors (Lipinski definition) is 3. The molecule has 1 unspecified atom stereocenters. The molecule has 1 heterocycles. The Morgan fingerprint density at radius 2 is 2.00 bits per heavy atom. The fourth-order valence-corrected chi connectivity index (χ4v) is 2.38. The zero-order chi connectivity index (χ0) is 14.5. The number of rotatable bonds is 6. The quantitative estimate of drug-likeness (QED) is 0.879. The van der Waals surface area contributed by atoms with E-state index >= 15 is 0 Å². The maximum atomic E-state index is 9.65. The number of hydrogen-bond donors (Lipinski definition) is 1. The average molecular weight is 273 g/mol. The SMILES string of the molecule is CCC(CO)N(Cc1cnn(C)c1C)c1ccccc1. The second-order valence-electron chi connectivity index (χ2n) is 5.09. The molecule has 0 aliphatic heterocycles. The van der Waals surface area contributed by atoms with E-state index in [2.05, 4.69) is 36.0 Å². The van der Waals surface area contributed by atoms with Crippen LogP contribution < -0.4 is 4.90 Å². The standard InChI is InChI=1S/C16H23N3O/c1-4-15(12-20)19(16-8-6-5-7-9-16)11-14-10-17-18(3)13(14)2/h5-10,15,20H,4,11-12H2,1-3H3. The largest absolute Gasteiger partial charge is 0.394 e. The maximum Gasteiger partial charge on any atom is 0.0635 e. The van der Waals surface area contributed by atoms with Crippen molar-refractivity contribution in [3.8, 4) is 0 Å². The van der Waals surface area contributed by atoms with Crippen LogP contribution in [-0.4, -0.2) is 27.5 Å². The minimum atomic E-state index is 0.122. The van der Waals surface area contributed by atoms with Gasteiger partial charge in [-0.25, -0.2) is 0 Å². The molecular formula is C16H23N3O. The number of nitrogens with zero attached hydrogens (tertiary/aromatic N) is 3. The van der Waals surface area contributed by atoms with Crippen LogP contribution in [0.25, 0.3) is 0 Å². The van der Waals surface area contributed by atoms with Crippen molar-refractivity contribution in [2.45, 2.75) is 32.9 Å². The average Bonchev–Trinajstić information content (AvgIpc) is 2.80. The molecule has 0 bridgehead atoms. The molecule has 0 spiro atoms. The van der Waals surface area contributed by atoms with Gasteiger partial charge in [0.1, 0.15) is 0 Å². The summed E-state index contributed by atoms with van der Waals surface area (Å²) >= 11 is 0. The lowest BCUT2D eigenvalue weighted by molar-refractivity contribution is 0.255. The van der Waals surface area contributed by atoms with Crippen LogP contribution in [0.4, 0.5) is 5.69 Å². The van der Waals surface area contributed by atoms with E-state index in [-0.39, 0.29) is 12.6 Å². The molecule has 1 aromatic carbocycles. The Hall–Kier alpha value is -1.81. The van der Waals surface area contributed by atoms with Gasteiger partial charge in [0.2, 0.25) is 0 Å². The molecule has 1 aromatic heterocycles. The van der Waals surface area contributed by atoms with E-state index in [1.165, 1.54) is 11.3 Å². The monoisotopic (exact) mass is 273 g/mol. The van der Waals surface area contributed by atoms with Crippen molar-refractivity contribution in [1.82, 2.24) is 9.78 Å². The van der Waals surface area contributed by atoms with Crippen LogP contribution in [0.2, 0.25) is 0 Å². The Balaban J connectivity index is 2.30. The fraction of sp³-hybridized carbons (Fsp3) is 0.438. The maximum absolute atomic E-state index is 9.65. The molecule has 0 aliphatic rings. The summed E-state index contributed by atoms with van der Waals surface area (Å²) in [4.78, 5) is 2.25. The Bertz CT molecular complexity index is 532.